The summed E-state index contributed by atoms with van der Waals surface area (Å²) in [6.07, 6.45) is 0.908. The van der Waals surface area contributed by atoms with E-state index in [9.17, 15) is 0 Å². The van der Waals surface area contributed by atoms with E-state index in [4.69, 9.17) is 4.74 Å². The van der Waals surface area contributed by atoms with Crippen molar-refractivity contribution in [1.82, 2.24) is 5.32 Å². The van der Waals surface area contributed by atoms with Gasteiger partial charge in [0.25, 0.3) is 0 Å². The zero-order valence-electron chi connectivity index (χ0n) is 10.4. The molecule has 1 aromatic carbocycles. The molecule has 0 saturated carbocycles. The predicted molar refractivity (Wildman–Crippen MR) is 68.4 cm³/mol. The molecular weight excluding hydrogens is 198 g/mol. The molecule has 0 aromatic heterocycles. The molecule has 0 saturated heterocycles. The monoisotopic (exact) mass is 219 g/mol. The molecule has 16 heavy (non-hydrogen) atoms. The van der Waals surface area contributed by atoms with Crippen molar-refractivity contribution in [3.05, 3.63) is 48.2 Å². The van der Waals surface area contributed by atoms with Crippen LogP contribution in [0.4, 0.5) is 0 Å². The molecule has 2 nitrogen and oxygen atoms in total. The normalized spacial score (nSPS) is 12.5. The minimum absolute atomic E-state index is 0.174. The molecule has 0 aliphatic carbocycles. The molecule has 2 heteroatoms. The number of ether oxygens (including phenoxy) is 1. The van der Waals surface area contributed by atoms with Crippen LogP contribution in [0.2, 0.25) is 0 Å². The first-order valence-corrected chi connectivity index (χ1v) is 5.66. The second-order valence-corrected chi connectivity index (χ2v) is 4.23. The quantitative estimate of drug-likeness (QED) is 0.743. The fourth-order valence-electron chi connectivity index (χ4n) is 1.66. The molecule has 0 spiro atoms. The summed E-state index contributed by atoms with van der Waals surface area (Å²) >= 11 is 0. The summed E-state index contributed by atoms with van der Waals surface area (Å²) in [5.74, 6) is 0.789. The van der Waals surface area contributed by atoms with E-state index in [2.05, 4.69) is 50.0 Å². The highest BCUT2D eigenvalue weighted by Gasteiger charge is 2.14. The van der Waals surface area contributed by atoms with E-state index in [1.165, 1.54) is 5.56 Å². The smallest absolute Gasteiger partial charge is 0.106 e. The molecule has 1 rings (SSSR count). The Labute approximate surface area is 98.3 Å². The minimum atomic E-state index is 0.174. The first-order chi connectivity index (χ1) is 7.63. The van der Waals surface area contributed by atoms with Gasteiger partial charge in [-0.1, -0.05) is 50.8 Å². The largest absolute Gasteiger partial charge is 0.500 e. The lowest BCUT2D eigenvalue weighted by atomic mass is 10.0. The van der Waals surface area contributed by atoms with Crippen LogP contribution in [-0.4, -0.2) is 19.2 Å². The lowest BCUT2D eigenvalue weighted by Gasteiger charge is -2.22. The average molecular weight is 219 g/mol. The van der Waals surface area contributed by atoms with Crippen molar-refractivity contribution in [2.24, 2.45) is 0 Å². The molecule has 0 aliphatic rings. The summed E-state index contributed by atoms with van der Waals surface area (Å²) in [5, 5.41) is 3.45. The molecule has 1 unspecified atom stereocenters. The van der Waals surface area contributed by atoms with E-state index in [0.29, 0.717) is 6.04 Å². The van der Waals surface area contributed by atoms with E-state index in [1.54, 1.807) is 7.11 Å². The van der Waals surface area contributed by atoms with Gasteiger partial charge in [0.05, 0.1) is 13.2 Å². The van der Waals surface area contributed by atoms with E-state index in [0.717, 1.165) is 12.2 Å². The van der Waals surface area contributed by atoms with Gasteiger partial charge in [-0.05, 0) is 12.0 Å². The van der Waals surface area contributed by atoms with E-state index >= 15 is 0 Å². The van der Waals surface area contributed by atoms with Crippen LogP contribution in [0, 0.1) is 0 Å². The van der Waals surface area contributed by atoms with Crippen molar-refractivity contribution in [2.75, 3.05) is 7.11 Å². The number of hydrogen-bond donors (Lipinski definition) is 1. The van der Waals surface area contributed by atoms with E-state index in [-0.39, 0.29) is 6.04 Å². The van der Waals surface area contributed by atoms with Crippen LogP contribution < -0.4 is 5.32 Å². The van der Waals surface area contributed by atoms with Gasteiger partial charge in [0.15, 0.2) is 0 Å². The third kappa shape index (κ3) is 4.07. The summed E-state index contributed by atoms with van der Waals surface area (Å²) in [4.78, 5) is 0. The lowest BCUT2D eigenvalue weighted by Crippen LogP contribution is -2.38. The van der Waals surface area contributed by atoms with Crippen molar-refractivity contribution in [3.8, 4) is 0 Å². The van der Waals surface area contributed by atoms with Crippen molar-refractivity contribution >= 4 is 0 Å². The molecular formula is C14H21NO. The molecule has 1 atom stereocenters. The van der Waals surface area contributed by atoms with Crippen molar-refractivity contribution in [3.63, 3.8) is 0 Å². The van der Waals surface area contributed by atoms with Gasteiger partial charge in [-0.25, -0.2) is 0 Å². The van der Waals surface area contributed by atoms with Crippen LogP contribution in [0.3, 0.4) is 0 Å². The average Bonchev–Trinajstić information content (AvgIpc) is 2.28. The number of hydrogen-bond acceptors (Lipinski definition) is 2. The van der Waals surface area contributed by atoms with Crippen LogP contribution in [-0.2, 0) is 11.2 Å². The van der Waals surface area contributed by atoms with Gasteiger partial charge in [-0.15, -0.1) is 0 Å². The Hall–Kier alpha value is -1.28. The minimum Gasteiger partial charge on any atom is -0.500 e. The fraction of sp³-hybridized carbons (Fsp3) is 0.429. The molecule has 1 N–H and O–H groups in total. The Kier molecular flexibility index (Phi) is 5.06. The van der Waals surface area contributed by atoms with Crippen LogP contribution >= 0.6 is 0 Å². The molecule has 0 aliphatic heterocycles. The van der Waals surface area contributed by atoms with Gasteiger partial charge in [0.1, 0.15) is 5.76 Å². The SMILES string of the molecule is C=C(OC)C(Cc1ccccc1)NC(C)C. The van der Waals surface area contributed by atoms with Gasteiger partial charge in [0, 0.05) is 6.04 Å². The summed E-state index contributed by atoms with van der Waals surface area (Å²) in [6, 6.07) is 11.0. The lowest BCUT2D eigenvalue weighted by molar-refractivity contribution is 0.246. The first-order valence-electron chi connectivity index (χ1n) is 5.66. The Bertz CT molecular complexity index is 319. The van der Waals surface area contributed by atoms with Crippen LogP contribution in [0.5, 0.6) is 0 Å². The van der Waals surface area contributed by atoms with Crippen molar-refractivity contribution in [2.45, 2.75) is 32.4 Å². The first kappa shape index (κ1) is 12.8. The Morgan fingerprint density at radius 1 is 1.31 bits per heavy atom. The Morgan fingerprint density at radius 3 is 2.44 bits per heavy atom. The zero-order chi connectivity index (χ0) is 12.0. The predicted octanol–water partition coefficient (Wildman–Crippen LogP) is 2.76. The molecule has 1 aromatic rings. The maximum Gasteiger partial charge on any atom is 0.106 e. The maximum absolute atomic E-state index is 5.23. The van der Waals surface area contributed by atoms with Gasteiger partial charge in [-0.2, -0.15) is 0 Å². The highest BCUT2D eigenvalue weighted by molar-refractivity contribution is 5.18. The second kappa shape index (κ2) is 6.33. The Morgan fingerprint density at radius 2 is 1.94 bits per heavy atom. The van der Waals surface area contributed by atoms with E-state index < -0.39 is 0 Å². The molecule has 0 radical (unpaired) electrons. The van der Waals surface area contributed by atoms with Gasteiger partial charge in [0.2, 0.25) is 0 Å². The van der Waals surface area contributed by atoms with Crippen LogP contribution in [0.25, 0.3) is 0 Å². The zero-order valence-corrected chi connectivity index (χ0v) is 10.4. The molecule has 0 bridgehead atoms. The summed E-state index contributed by atoms with van der Waals surface area (Å²) < 4.78 is 5.23. The number of benzene rings is 1. The molecule has 0 heterocycles. The third-order valence-corrected chi connectivity index (χ3v) is 2.47. The number of rotatable bonds is 6. The number of methoxy groups -OCH3 is 1. The second-order valence-electron chi connectivity index (χ2n) is 4.23. The van der Waals surface area contributed by atoms with Gasteiger partial charge < -0.3 is 10.1 Å². The maximum atomic E-state index is 5.23. The number of nitrogens with one attached hydrogen (secondary N) is 1. The Balaban J connectivity index is 2.67. The van der Waals surface area contributed by atoms with Crippen LogP contribution in [0.15, 0.2) is 42.7 Å². The van der Waals surface area contributed by atoms with Crippen molar-refractivity contribution in [1.29, 1.82) is 0 Å². The molecule has 88 valence electrons. The standard InChI is InChI=1S/C14H21NO/c1-11(2)15-14(12(3)16-4)10-13-8-6-5-7-9-13/h5-9,11,14-15H,3,10H2,1-2,4H3. The molecule has 0 fully saturated rings. The third-order valence-electron chi connectivity index (χ3n) is 2.47. The van der Waals surface area contributed by atoms with Gasteiger partial charge in [-0.3, -0.25) is 0 Å². The summed E-state index contributed by atoms with van der Waals surface area (Å²) in [6.45, 7) is 8.19. The summed E-state index contributed by atoms with van der Waals surface area (Å²) in [5.41, 5.74) is 1.29. The fourth-order valence-corrected chi connectivity index (χ4v) is 1.66. The highest BCUT2D eigenvalue weighted by Crippen LogP contribution is 2.10. The van der Waals surface area contributed by atoms with Gasteiger partial charge >= 0.3 is 0 Å². The topological polar surface area (TPSA) is 21.3 Å². The molecule has 0 amide bonds. The van der Waals surface area contributed by atoms with Crippen molar-refractivity contribution < 1.29 is 4.74 Å². The summed E-state index contributed by atoms with van der Waals surface area (Å²) in [7, 11) is 1.67. The van der Waals surface area contributed by atoms with Crippen LogP contribution in [0.1, 0.15) is 19.4 Å². The highest BCUT2D eigenvalue weighted by atomic mass is 16.5. The van der Waals surface area contributed by atoms with E-state index in [1.807, 2.05) is 6.07 Å².